The summed E-state index contributed by atoms with van der Waals surface area (Å²) in [5, 5.41) is 0. The molecule has 0 aliphatic carbocycles. The van der Waals surface area contributed by atoms with Gasteiger partial charge in [0.15, 0.2) is 0 Å². The molecule has 0 aliphatic heterocycles. The van der Waals surface area contributed by atoms with Gasteiger partial charge in [0.2, 0.25) is 0 Å². The summed E-state index contributed by atoms with van der Waals surface area (Å²) in [4.78, 5) is 24.7. The third kappa shape index (κ3) is 3.20. The number of hydrogen-bond acceptors (Lipinski definition) is 2. The van der Waals surface area contributed by atoms with Gasteiger partial charge in [0.25, 0.3) is 0 Å². The molecule has 1 heterocycles. The number of benzene rings is 2. The van der Waals surface area contributed by atoms with Crippen LogP contribution in [0.2, 0.25) is 0 Å². The highest BCUT2D eigenvalue weighted by Gasteiger charge is 2.08. The molecule has 122 valence electrons. The van der Waals surface area contributed by atoms with Crippen LogP contribution in [-0.2, 0) is 13.0 Å². The highest BCUT2D eigenvalue weighted by molar-refractivity contribution is 5.36. The van der Waals surface area contributed by atoms with E-state index in [0.717, 1.165) is 12.0 Å². The van der Waals surface area contributed by atoms with Crippen LogP contribution < -0.4 is 11.1 Å². The molecule has 3 aromatic rings. The van der Waals surface area contributed by atoms with E-state index in [1.807, 2.05) is 25.1 Å². The second kappa shape index (κ2) is 6.66. The first-order chi connectivity index (χ1) is 11.6. The van der Waals surface area contributed by atoms with Crippen molar-refractivity contribution in [3.63, 3.8) is 0 Å². The average molecular weight is 324 g/mol. The quantitative estimate of drug-likeness (QED) is 0.693. The predicted octanol–water partition coefficient (Wildman–Crippen LogP) is 2.75. The van der Waals surface area contributed by atoms with Gasteiger partial charge in [-0.25, -0.2) is 4.39 Å². The summed E-state index contributed by atoms with van der Waals surface area (Å²) < 4.78 is 15.9. The minimum atomic E-state index is -0.635. The van der Waals surface area contributed by atoms with E-state index in [9.17, 15) is 14.0 Å². The van der Waals surface area contributed by atoms with Crippen LogP contribution in [0.3, 0.4) is 0 Å². The van der Waals surface area contributed by atoms with Gasteiger partial charge in [-0.3, -0.25) is 14.2 Å². The van der Waals surface area contributed by atoms with E-state index in [0.29, 0.717) is 11.3 Å². The summed E-state index contributed by atoms with van der Waals surface area (Å²) in [5.74, 6) is -0.370. The molecule has 0 bridgehead atoms. The standard InChI is InChI=1S/C19H17FN2O2/c1-2-14-5-4-8-17(12-14)22-10-9-21(18(23)19(22)24)13-15-6-3-7-16(20)11-15/h3-12H,2,13H2,1H3. The Morgan fingerprint density at radius 2 is 1.67 bits per heavy atom. The van der Waals surface area contributed by atoms with Crippen LogP contribution in [0.25, 0.3) is 5.69 Å². The van der Waals surface area contributed by atoms with Gasteiger partial charge < -0.3 is 4.57 Å². The number of halogens is 1. The van der Waals surface area contributed by atoms with E-state index in [-0.39, 0.29) is 12.4 Å². The monoisotopic (exact) mass is 324 g/mol. The fraction of sp³-hybridized carbons (Fsp3) is 0.158. The van der Waals surface area contributed by atoms with Gasteiger partial charge in [0.1, 0.15) is 5.82 Å². The zero-order chi connectivity index (χ0) is 17.1. The molecule has 0 fully saturated rings. The van der Waals surface area contributed by atoms with Crippen LogP contribution in [0.1, 0.15) is 18.1 Å². The molecule has 24 heavy (non-hydrogen) atoms. The number of aryl methyl sites for hydroxylation is 1. The Kier molecular flexibility index (Phi) is 4.42. The molecular formula is C19H17FN2O2. The Bertz CT molecular complexity index is 989. The van der Waals surface area contributed by atoms with Crippen molar-refractivity contribution in [1.29, 1.82) is 0 Å². The van der Waals surface area contributed by atoms with E-state index < -0.39 is 11.1 Å². The smallest absolute Gasteiger partial charge is 0.305 e. The number of aromatic nitrogens is 2. The molecular weight excluding hydrogens is 307 g/mol. The molecule has 1 aromatic heterocycles. The van der Waals surface area contributed by atoms with Crippen LogP contribution in [-0.4, -0.2) is 9.13 Å². The predicted molar refractivity (Wildman–Crippen MR) is 91.2 cm³/mol. The molecule has 0 saturated heterocycles. The summed E-state index contributed by atoms with van der Waals surface area (Å²) in [6, 6.07) is 13.5. The van der Waals surface area contributed by atoms with Gasteiger partial charge >= 0.3 is 11.1 Å². The molecule has 0 unspecified atom stereocenters. The highest BCUT2D eigenvalue weighted by atomic mass is 19.1. The molecule has 0 aliphatic rings. The second-order valence-corrected chi connectivity index (χ2v) is 5.56. The lowest BCUT2D eigenvalue weighted by Gasteiger charge is -2.10. The molecule has 2 aromatic carbocycles. The van der Waals surface area contributed by atoms with Crippen LogP contribution >= 0.6 is 0 Å². The maximum absolute atomic E-state index is 13.3. The first kappa shape index (κ1) is 15.9. The zero-order valence-corrected chi connectivity index (χ0v) is 13.3. The SMILES string of the molecule is CCc1cccc(-n2ccn(Cc3cccc(F)c3)c(=O)c2=O)c1. The Labute approximate surface area is 138 Å². The third-order valence-electron chi connectivity index (χ3n) is 3.90. The summed E-state index contributed by atoms with van der Waals surface area (Å²) in [6.07, 6.45) is 3.96. The van der Waals surface area contributed by atoms with Crippen molar-refractivity contribution in [3.8, 4) is 5.69 Å². The fourth-order valence-corrected chi connectivity index (χ4v) is 2.59. The third-order valence-corrected chi connectivity index (χ3v) is 3.90. The lowest BCUT2D eigenvalue weighted by Crippen LogP contribution is -2.40. The van der Waals surface area contributed by atoms with Crippen molar-refractivity contribution in [3.05, 3.63) is 98.6 Å². The topological polar surface area (TPSA) is 44.0 Å². The second-order valence-electron chi connectivity index (χ2n) is 5.56. The molecule has 0 saturated carbocycles. The zero-order valence-electron chi connectivity index (χ0n) is 13.3. The first-order valence-corrected chi connectivity index (χ1v) is 7.74. The van der Waals surface area contributed by atoms with Crippen molar-refractivity contribution in [2.75, 3.05) is 0 Å². The van der Waals surface area contributed by atoms with Gasteiger partial charge in [-0.05, 0) is 41.8 Å². The maximum Gasteiger partial charge on any atom is 0.320 e. The lowest BCUT2D eigenvalue weighted by molar-refractivity contribution is 0.622. The lowest BCUT2D eigenvalue weighted by atomic mass is 10.1. The number of hydrogen-bond donors (Lipinski definition) is 0. The summed E-state index contributed by atoms with van der Waals surface area (Å²) in [5.41, 5.74) is 1.12. The summed E-state index contributed by atoms with van der Waals surface area (Å²) in [6.45, 7) is 2.18. The van der Waals surface area contributed by atoms with Gasteiger partial charge in [0.05, 0.1) is 6.54 Å². The largest absolute Gasteiger partial charge is 0.320 e. The molecule has 0 amide bonds. The van der Waals surface area contributed by atoms with E-state index in [2.05, 4.69) is 0 Å². The van der Waals surface area contributed by atoms with Crippen molar-refractivity contribution < 1.29 is 4.39 Å². The summed E-state index contributed by atoms with van der Waals surface area (Å²) in [7, 11) is 0. The van der Waals surface area contributed by atoms with Crippen LogP contribution in [0.15, 0.2) is 70.5 Å². The number of nitrogens with zero attached hydrogens (tertiary/aromatic N) is 2. The molecule has 0 spiro atoms. The van der Waals surface area contributed by atoms with Gasteiger partial charge in [-0.15, -0.1) is 0 Å². The van der Waals surface area contributed by atoms with Crippen molar-refractivity contribution >= 4 is 0 Å². The molecule has 4 nitrogen and oxygen atoms in total. The maximum atomic E-state index is 13.3. The fourth-order valence-electron chi connectivity index (χ4n) is 2.59. The van der Waals surface area contributed by atoms with Gasteiger partial charge in [-0.1, -0.05) is 31.2 Å². The molecule has 0 radical (unpaired) electrons. The van der Waals surface area contributed by atoms with Crippen LogP contribution in [0, 0.1) is 5.82 Å². The average Bonchev–Trinajstić information content (AvgIpc) is 2.59. The first-order valence-electron chi connectivity index (χ1n) is 7.74. The van der Waals surface area contributed by atoms with Crippen molar-refractivity contribution in [1.82, 2.24) is 9.13 Å². The van der Waals surface area contributed by atoms with Crippen molar-refractivity contribution in [2.24, 2.45) is 0 Å². The minimum Gasteiger partial charge on any atom is -0.305 e. The van der Waals surface area contributed by atoms with E-state index in [1.165, 1.54) is 21.3 Å². The number of rotatable bonds is 4. The Morgan fingerprint density at radius 3 is 2.42 bits per heavy atom. The van der Waals surface area contributed by atoms with Crippen LogP contribution in [0.5, 0.6) is 0 Å². The van der Waals surface area contributed by atoms with E-state index >= 15 is 0 Å². The van der Waals surface area contributed by atoms with Crippen LogP contribution in [0.4, 0.5) is 4.39 Å². The Morgan fingerprint density at radius 1 is 0.917 bits per heavy atom. The van der Waals surface area contributed by atoms with Gasteiger partial charge in [-0.2, -0.15) is 0 Å². The molecule has 5 heteroatoms. The normalized spacial score (nSPS) is 10.8. The highest BCUT2D eigenvalue weighted by Crippen LogP contribution is 2.09. The minimum absolute atomic E-state index is 0.154. The molecule has 0 atom stereocenters. The van der Waals surface area contributed by atoms with Gasteiger partial charge in [0, 0.05) is 18.1 Å². The summed E-state index contributed by atoms with van der Waals surface area (Å²) >= 11 is 0. The Hall–Kier alpha value is -2.95. The van der Waals surface area contributed by atoms with E-state index in [4.69, 9.17) is 0 Å². The molecule has 3 rings (SSSR count). The molecule has 0 N–H and O–H groups in total. The van der Waals surface area contributed by atoms with Crippen molar-refractivity contribution in [2.45, 2.75) is 19.9 Å². The Balaban J connectivity index is 2.00. The van der Waals surface area contributed by atoms with E-state index in [1.54, 1.807) is 30.6 Å².